The largest absolute Gasteiger partial charge is 0.489 e. The summed E-state index contributed by atoms with van der Waals surface area (Å²) in [5, 5.41) is 0. The summed E-state index contributed by atoms with van der Waals surface area (Å²) in [6, 6.07) is 14.8. The first-order valence-electron chi connectivity index (χ1n) is 8.28. The highest BCUT2D eigenvalue weighted by Crippen LogP contribution is 2.33. The van der Waals surface area contributed by atoms with E-state index in [1.54, 1.807) is 0 Å². The average Bonchev–Trinajstić information content (AvgIpc) is 2.56. The van der Waals surface area contributed by atoms with Crippen molar-refractivity contribution in [3.63, 3.8) is 0 Å². The maximum absolute atomic E-state index is 6.05. The van der Waals surface area contributed by atoms with E-state index in [2.05, 4.69) is 56.3 Å². The Labute approximate surface area is 143 Å². The van der Waals surface area contributed by atoms with E-state index in [1.807, 2.05) is 11.8 Å². The number of hydrogen-bond acceptors (Lipinski definition) is 3. The van der Waals surface area contributed by atoms with Crippen LogP contribution < -0.4 is 4.74 Å². The SMILES string of the molecule is Cc1ccc(OCc2ccccc2SC2CCCCO2)c(C)c1. The molecule has 0 aliphatic carbocycles. The second kappa shape index (κ2) is 7.89. The van der Waals surface area contributed by atoms with E-state index >= 15 is 0 Å². The van der Waals surface area contributed by atoms with Gasteiger partial charge in [-0.3, -0.25) is 0 Å². The Bertz CT molecular complexity index is 648. The van der Waals surface area contributed by atoms with Gasteiger partial charge in [-0.15, -0.1) is 0 Å². The molecule has 0 aromatic heterocycles. The van der Waals surface area contributed by atoms with E-state index in [4.69, 9.17) is 9.47 Å². The molecule has 1 saturated heterocycles. The number of thioether (sulfide) groups is 1. The number of ether oxygens (including phenoxy) is 2. The molecule has 1 heterocycles. The summed E-state index contributed by atoms with van der Waals surface area (Å²) < 4.78 is 11.9. The monoisotopic (exact) mass is 328 g/mol. The van der Waals surface area contributed by atoms with Gasteiger partial charge in [0.05, 0.1) is 0 Å². The minimum Gasteiger partial charge on any atom is -0.489 e. The fourth-order valence-corrected chi connectivity index (χ4v) is 3.97. The summed E-state index contributed by atoms with van der Waals surface area (Å²) in [4.78, 5) is 1.27. The van der Waals surface area contributed by atoms with Gasteiger partial charge in [0.1, 0.15) is 17.8 Å². The third kappa shape index (κ3) is 4.52. The molecule has 122 valence electrons. The van der Waals surface area contributed by atoms with Gasteiger partial charge in [0.2, 0.25) is 0 Å². The van der Waals surface area contributed by atoms with Crippen molar-refractivity contribution in [2.75, 3.05) is 6.61 Å². The van der Waals surface area contributed by atoms with E-state index in [1.165, 1.54) is 34.4 Å². The first-order chi connectivity index (χ1) is 11.2. The third-order valence-electron chi connectivity index (χ3n) is 4.08. The molecule has 2 nitrogen and oxygen atoms in total. The van der Waals surface area contributed by atoms with E-state index in [-0.39, 0.29) is 5.44 Å². The molecule has 0 amide bonds. The summed E-state index contributed by atoms with van der Waals surface area (Å²) in [6.45, 7) is 5.68. The summed E-state index contributed by atoms with van der Waals surface area (Å²) >= 11 is 1.83. The van der Waals surface area contributed by atoms with Crippen molar-refractivity contribution < 1.29 is 9.47 Å². The van der Waals surface area contributed by atoms with E-state index in [9.17, 15) is 0 Å². The molecule has 1 atom stereocenters. The van der Waals surface area contributed by atoms with Crippen LogP contribution in [0.3, 0.4) is 0 Å². The van der Waals surface area contributed by atoms with Crippen molar-refractivity contribution in [1.29, 1.82) is 0 Å². The van der Waals surface area contributed by atoms with Gasteiger partial charge >= 0.3 is 0 Å². The van der Waals surface area contributed by atoms with Crippen molar-refractivity contribution in [3.05, 3.63) is 59.2 Å². The van der Waals surface area contributed by atoms with Crippen LogP contribution >= 0.6 is 11.8 Å². The van der Waals surface area contributed by atoms with Crippen LogP contribution in [-0.4, -0.2) is 12.0 Å². The highest BCUT2D eigenvalue weighted by molar-refractivity contribution is 7.99. The predicted octanol–water partition coefficient (Wildman–Crippen LogP) is 5.50. The zero-order valence-electron chi connectivity index (χ0n) is 13.9. The molecule has 0 saturated carbocycles. The van der Waals surface area contributed by atoms with Crippen LogP contribution in [0.4, 0.5) is 0 Å². The van der Waals surface area contributed by atoms with E-state index in [0.29, 0.717) is 6.61 Å². The molecule has 2 aromatic carbocycles. The number of aryl methyl sites for hydroxylation is 2. The van der Waals surface area contributed by atoms with Gasteiger partial charge in [-0.2, -0.15) is 0 Å². The number of rotatable bonds is 5. The molecule has 1 fully saturated rings. The van der Waals surface area contributed by atoms with Gasteiger partial charge in [-0.25, -0.2) is 0 Å². The molecule has 0 bridgehead atoms. The lowest BCUT2D eigenvalue weighted by Crippen LogP contribution is -2.15. The highest BCUT2D eigenvalue weighted by atomic mass is 32.2. The van der Waals surface area contributed by atoms with Crippen LogP contribution in [0.2, 0.25) is 0 Å². The van der Waals surface area contributed by atoms with Crippen LogP contribution in [0.25, 0.3) is 0 Å². The standard InChI is InChI=1S/C20H24O2S/c1-15-10-11-18(16(2)13-15)22-14-17-7-3-4-8-19(17)23-20-9-5-6-12-21-20/h3-4,7-8,10-11,13,20H,5-6,9,12,14H2,1-2H3. The minimum atomic E-state index is 0.283. The van der Waals surface area contributed by atoms with Crippen LogP contribution in [0.1, 0.15) is 36.0 Å². The highest BCUT2D eigenvalue weighted by Gasteiger charge is 2.16. The van der Waals surface area contributed by atoms with Gasteiger partial charge in [0.15, 0.2) is 0 Å². The number of hydrogen-bond donors (Lipinski definition) is 0. The Balaban J connectivity index is 1.67. The summed E-state index contributed by atoms with van der Waals surface area (Å²) in [5.41, 5.74) is 3.96. The van der Waals surface area contributed by atoms with Gasteiger partial charge in [0.25, 0.3) is 0 Å². The maximum Gasteiger partial charge on any atom is 0.122 e. The van der Waals surface area contributed by atoms with Crippen LogP contribution in [0.15, 0.2) is 47.4 Å². The van der Waals surface area contributed by atoms with E-state index in [0.717, 1.165) is 18.8 Å². The second-order valence-corrected chi connectivity index (χ2v) is 7.28. The Morgan fingerprint density at radius 3 is 2.78 bits per heavy atom. The molecule has 0 spiro atoms. The molecule has 1 aliphatic heterocycles. The molecule has 3 heteroatoms. The maximum atomic E-state index is 6.05. The van der Waals surface area contributed by atoms with Crippen molar-refractivity contribution in [1.82, 2.24) is 0 Å². The summed E-state index contributed by atoms with van der Waals surface area (Å²) in [7, 11) is 0. The van der Waals surface area contributed by atoms with Crippen molar-refractivity contribution >= 4 is 11.8 Å². The Kier molecular flexibility index (Phi) is 5.63. The first kappa shape index (κ1) is 16.4. The van der Waals surface area contributed by atoms with Crippen molar-refractivity contribution in [2.45, 2.75) is 50.0 Å². The molecular weight excluding hydrogens is 304 g/mol. The molecule has 0 N–H and O–H groups in total. The normalized spacial score (nSPS) is 17.9. The molecule has 23 heavy (non-hydrogen) atoms. The Morgan fingerprint density at radius 2 is 2.00 bits per heavy atom. The van der Waals surface area contributed by atoms with Crippen LogP contribution in [-0.2, 0) is 11.3 Å². The van der Waals surface area contributed by atoms with Crippen LogP contribution in [0, 0.1) is 13.8 Å². The smallest absolute Gasteiger partial charge is 0.122 e. The van der Waals surface area contributed by atoms with Crippen molar-refractivity contribution in [3.8, 4) is 5.75 Å². The lowest BCUT2D eigenvalue weighted by atomic mass is 10.1. The number of benzene rings is 2. The Hall–Kier alpha value is -1.45. The topological polar surface area (TPSA) is 18.5 Å². The van der Waals surface area contributed by atoms with Gasteiger partial charge in [0, 0.05) is 17.1 Å². The second-order valence-electron chi connectivity index (χ2n) is 6.08. The molecule has 2 aromatic rings. The lowest BCUT2D eigenvalue weighted by molar-refractivity contribution is 0.0728. The minimum absolute atomic E-state index is 0.283. The predicted molar refractivity (Wildman–Crippen MR) is 96.1 cm³/mol. The van der Waals surface area contributed by atoms with Crippen LogP contribution in [0.5, 0.6) is 5.75 Å². The Morgan fingerprint density at radius 1 is 1.13 bits per heavy atom. The summed E-state index contributed by atoms with van der Waals surface area (Å²) in [6.07, 6.45) is 3.59. The van der Waals surface area contributed by atoms with Crippen molar-refractivity contribution in [2.24, 2.45) is 0 Å². The molecular formula is C20H24O2S. The lowest BCUT2D eigenvalue weighted by Gasteiger charge is -2.23. The fourth-order valence-electron chi connectivity index (χ4n) is 2.80. The fraction of sp³-hybridized carbons (Fsp3) is 0.400. The third-order valence-corrected chi connectivity index (χ3v) is 5.37. The van der Waals surface area contributed by atoms with E-state index < -0.39 is 0 Å². The molecule has 0 radical (unpaired) electrons. The first-order valence-corrected chi connectivity index (χ1v) is 9.16. The molecule has 1 aliphatic rings. The van der Waals surface area contributed by atoms with Gasteiger partial charge in [-0.1, -0.05) is 47.7 Å². The zero-order valence-corrected chi connectivity index (χ0v) is 14.7. The van der Waals surface area contributed by atoms with Gasteiger partial charge in [-0.05, 0) is 50.8 Å². The van der Waals surface area contributed by atoms with Gasteiger partial charge < -0.3 is 9.47 Å². The average molecular weight is 328 g/mol. The summed E-state index contributed by atoms with van der Waals surface area (Å²) in [5.74, 6) is 0.962. The zero-order chi connectivity index (χ0) is 16.1. The molecule has 3 rings (SSSR count). The quantitative estimate of drug-likeness (QED) is 0.722. The molecule has 1 unspecified atom stereocenters.